The molecular formula is C22H29NO3. The van der Waals surface area contributed by atoms with Gasteiger partial charge in [0.1, 0.15) is 0 Å². The zero-order chi connectivity index (χ0) is 17.6. The topological polar surface area (TPSA) is 66.4 Å². The van der Waals surface area contributed by atoms with Gasteiger partial charge in [0.25, 0.3) is 0 Å². The Labute approximate surface area is 154 Å². The van der Waals surface area contributed by atoms with Crippen LogP contribution in [0.2, 0.25) is 0 Å². The van der Waals surface area contributed by atoms with Gasteiger partial charge in [0.05, 0.1) is 11.8 Å². The second-order valence-electron chi connectivity index (χ2n) is 10.6. The van der Waals surface area contributed by atoms with E-state index in [0.29, 0.717) is 17.3 Å². The summed E-state index contributed by atoms with van der Waals surface area (Å²) in [4.78, 5) is 25.1. The number of nitrogens with one attached hydrogen (secondary N) is 1. The van der Waals surface area contributed by atoms with Crippen LogP contribution in [0.15, 0.2) is 12.2 Å². The van der Waals surface area contributed by atoms with Crippen molar-refractivity contribution < 1.29 is 14.7 Å². The number of hydrogen-bond donors (Lipinski definition) is 2. The van der Waals surface area contributed by atoms with E-state index in [2.05, 4.69) is 17.5 Å². The van der Waals surface area contributed by atoms with Gasteiger partial charge >= 0.3 is 5.97 Å². The minimum atomic E-state index is -0.773. The Bertz CT molecular complexity index is 662. The summed E-state index contributed by atoms with van der Waals surface area (Å²) >= 11 is 0. The van der Waals surface area contributed by atoms with E-state index in [1.54, 1.807) is 0 Å². The van der Waals surface area contributed by atoms with Crippen LogP contribution in [0.25, 0.3) is 0 Å². The van der Waals surface area contributed by atoms with E-state index in [1.165, 1.54) is 38.5 Å². The Morgan fingerprint density at radius 2 is 1.42 bits per heavy atom. The summed E-state index contributed by atoms with van der Waals surface area (Å²) < 4.78 is 0. The molecule has 8 rings (SSSR count). The molecule has 6 atom stereocenters. The van der Waals surface area contributed by atoms with Crippen LogP contribution in [0.1, 0.15) is 44.9 Å². The first-order chi connectivity index (χ1) is 12.5. The highest BCUT2D eigenvalue weighted by atomic mass is 16.4. The molecular weight excluding hydrogens is 326 g/mol. The van der Waals surface area contributed by atoms with Crippen molar-refractivity contribution in [1.29, 1.82) is 0 Å². The molecule has 0 aromatic carbocycles. The summed E-state index contributed by atoms with van der Waals surface area (Å²) in [5.74, 6) is 2.37. The first kappa shape index (κ1) is 15.7. The van der Waals surface area contributed by atoms with Gasteiger partial charge in [-0.1, -0.05) is 12.2 Å². The average Bonchev–Trinajstić information content (AvgIpc) is 3.40. The molecule has 1 amide bonds. The van der Waals surface area contributed by atoms with Gasteiger partial charge in [0, 0.05) is 6.54 Å². The molecule has 0 spiro atoms. The molecule has 0 saturated heterocycles. The highest BCUT2D eigenvalue weighted by Gasteiger charge is 2.63. The van der Waals surface area contributed by atoms with Gasteiger partial charge < -0.3 is 10.4 Å². The van der Waals surface area contributed by atoms with Gasteiger partial charge in [-0.15, -0.1) is 0 Å². The lowest BCUT2D eigenvalue weighted by atomic mass is 9.49. The Kier molecular flexibility index (Phi) is 3.11. The largest absolute Gasteiger partial charge is 0.481 e. The van der Waals surface area contributed by atoms with E-state index in [4.69, 9.17) is 0 Å². The predicted molar refractivity (Wildman–Crippen MR) is 95.9 cm³/mol. The third-order valence-corrected chi connectivity index (χ3v) is 9.04. The lowest BCUT2D eigenvalue weighted by Gasteiger charge is -2.57. The van der Waals surface area contributed by atoms with Crippen LogP contribution in [-0.4, -0.2) is 23.5 Å². The quantitative estimate of drug-likeness (QED) is 0.762. The summed E-state index contributed by atoms with van der Waals surface area (Å²) in [5, 5.41) is 13.1. The second kappa shape index (κ2) is 5.14. The smallest absolute Gasteiger partial charge is 0.307 e. The van der Waals surface area contributed by atoms with Gasteiger partial charge in [-0.3, -0.25) is 9.59 Å². The molecule has 0 radical (unpaired) electrons. The molecule has 4 heteroatoms. The summed E-state index contributed by atoms with van der Waals surface area (Å²) in [7, 11) is 0. The molecule has 140 valence electrons. The molecule has 6 bridgehead atoms. The minimum Gasteiger partial charge on any atom is -0.481 e. The number of carboxylic acids is 1. The van der Waals surface area contributed by atoms with E-state index in [1.807, 2.05) is 0 Å². The number of carbonyl (C=O) groups excluding carboxylic acids is 1. The standard InChI is InChI=1S/C22H29NO3/c24-20(18-14-1-2-15(17-6-16(14)17)19(18)21(25)26)23-10-22-7-11-3-12(8-22)5-13(4-11)9-22/h1-2,11-19H,3-10H2,(H,23,24)(H,25,26). The van der Waals surface area contributed by atoms with Crippen LogP contribution in [0, 0.1) is 58.7 Å². The monoisotopic (exact) mass is 355 g/mol. The molecule has 6 unspecified atom stereocenters. The SMILES string of the molecule is O=C(O)C1C2C=CC(C3CC23)C1C(=O)NCC12CC3CC(CC(C3)C1)C2. The maximum atomic E-state index is 13.2. The fourth-order valence-electron chi connectivity index (χ4n) is 8.47. The molecule has 6 fully saturated rings. The summed E-state index contributed by atoms with van der Waals surface area (Å²) in [5.41, 5.74) is 0.314. The molecule has 6 saturated carbocycles. The van der Waals surface area contributed by atoms with E-state index in [9.17, 15) is 14.7 Å². The Balaban J connectivity index is 1.19. The van der Waals surface area contributed by atoms with E-state index >= 15 is 0 Å². The number of carboxylic acid groups (broad SMARTS) is 1. The van der Waals surface area contributed by atoms with Gasteiger partial charge in [-0.25, -0.2) is 0 Å². The highest BCUT2D eigenvalue weighted by Crippen LogP contribution is 2.64. The third kappa shape index (κ3) is 2.13. The van der Waals surface area contributed by atoms with Crippen molar-refractivity contribution in [2.24, 2.45) is 58.7 Å². The zero-order valence-electron chi connectivity index (χ0n) is 15.3. The number of rotatable bonds is 4. The molecule has 2 N–H and O–H groups in total. The third-order valence-electron chi connectivity index (χ3n) is 9.04. The summed E-state index contributed by atoms with van der Waals surface area (Å²) in [6.07, 6.45) is 13.4. The molecule has 0 heterocycles. The van der Waals surface area contributed by atoms with Crippen molar-refractivity contribution >= 4 is 11.9 Å². The number of amides is 1. The van der Waals surface area contributed by atoms with Crippen molar-refractivity contribution in [2.75, 3.05) is 6.54 Å². The summed E-state index contributed by atoms with van der Waals surface area (Å²) in [6.45, 7) is 0.785. The molecule has 0 aliphatic heterocycles. The Hall–Kier alpha value is -1.32. The number of allylic oxidation sites excluding steroid dienone is 2. The normalized spacial score (nSPS) is 54.8. The fourth-order valence-corrected chi connectivity index (χ4v) is 8.47. The number of fused-ring (bicyclic) bond motifs is 1. The molecule has 0 aromatic heterocycles. The van der Waals surface area contributed by atoms with Gasteiger partial charge in [-0.2, -0.15) is 0 Å². The first-order valence-corrected chi connectivity index (χ1v) is 10.7. The van der Waals surface area contributed by atoms with Gasteiger partial charge in [-0.05, 0) is 91.8 Å². The highest BCUT2D eigenvalue weighted by molar-refractivity contribution is 5.86. The Morgan fingerprint density at radius 1 is 0.885 bits per heavy atom. The molecule has 26 heavy (non-hydrogen) atoms. The van der Waals surface area contributed by atoms with Gasteiger partial charge in [0.2, 0.25) is 5.91 Å². The fraction of sp³-hybridized carbons (Fsp3) is 0.818. The lowest BCUT2D eigenvalue weighted by Crippen LogP contribution is -2.54. The van der Waals surface area contributed by atoms with Crippen molar-refractivity contribution in [1.82, 2.24) is 5.32 Å². The number of hydrogen-bond acceptors (Lipinski definition) is 2. The second-order valence-corrected chi connectivity index (χ2v) is 10.6. The maximum absolute atomic E-state index is 13.2. The van der Waals surface area contributed by atoms with E-state index in [0.717, 1.165) is 30.7 Å². The average molecular weight is 355 g/mol. The van der Waals surface area contributed by atoms with Crippen molar-refractivity contribution in [3.05, 3.63) is 12.2 Å². The van der Waals surface area contributed by atoms with Crippen molar-refractivity contribution in [3.63, 3.8) is 0 Å². The first-order valence-electron chi connectivity index (χ1n) is 10.7. The molecule has 8 aliphatic carbocycles. The van der Waals surface area contributed by atoms with Crippen molar-refractivity contribution in [3.8, 4) is 0 Å². The van der Waals surface area contributed by atoms with E-state index < -0.39 is 11.9 Å². The van der Waals surface area contributed by atoms with Crippen molar-refractivity contribution in [2.45, 2.75) is 44.9 Å². The van der Waals surface area contributed by atoms with Crippen LogP contribution in [-0.2, 0) is 9.59 Å². The van der Waals surface area contributed by atoms with Crippen LogP contribution in [0.5, 0.6) is 0 Å². The lowest BCUT2D eigenvalue weighted by molar-refractivity contribution is -0.153. The maximum Gasteiger partial charge on any atom is 0.307 e. The predicted octanol–water partition coefficient (Wildman–Crippen LogP) is 3.09. The Morgan fingerprint density at radius 3 is 1.96 bits per heavy atom. The van der Waals surface area contributed by atoms with E-state index in [-0.39, 0.29) is 23.7 Å². The molecule has 0 aromatic rings. The van der Waals surface area contributed by atoms with Crippen LogP contribution < -0.4 is 5.32 Å². The molecule has 4 nitrogen and oxygen atoms in total. The van der Waals surface area contributed by atoms with Gasteiger partial charge in [0.15, 0.2) is 0 Å². The summed E-state index contributed by atoms with van der Waals surface area (Å²) in [6, 6.07) is 0. The number of carbonyl (C=O) groups is 2. The van der Waals surface area contributed by atoms with Crippen LogP contribution in [0.4, 0.5) is 0 Å². The van der Waals surface area contributed by atoms with Crippen LogP contribution in [0.3, 0.4) is 0 Å². The zero-order valence-corrected chi connectivity index (χ0v) is 15.3. The molecule has 8 aliphatic rings. The number of aliphatic carboxylic acids is 1. The van der Waals surface area contributed by atoms with Crippen LogP contribution >= 0.6 is 0 Å². The minimum absolute atomic E-state index is 0.0258.